The SMILES string of the molecule is NCc1cccc(-c2cc(COc3ccccc3)cc3ccoc23)c1. The molecule has 0 aliphatic carbocycles. The van der Waals surface area contributed by atoms with Gasteiger partial charge in [-0.25, -0.2) is 0 Å². The van der Waals surface area contributed by atoms with Crippen LogP contribution in [0.1, 0.15) is 11.1 Å². The number of para-hydroxylation sites is 1. The fraction of sp³-hybridized carbons (Fsp3) is 0.0909. The van der Waals surface area contributed by atoms with Gasteiger partial charge in [-0.1, -0.05) is 36.4 Å². The summed E-state index contributed by atoms with van der Waals surface area (Å²) in [5.74, 6) is 0.862. The van der Waals surface area contributed by atoms with Crippen molar-refractivity contribution in [2.24, 2.45) is 5.73 Å². The van der Waals surface area contributed by atoms with Gasteiger partial charge in [0.05, 0.1) is 6.26 Å². The van der Waals surface area contributed by atoms with Crippen molar-refractivity contribution in [3.63, 3.8) is 0 Å². The third-order valence-corrected chi connectivity index (χ3v) is 4.23. The Hall–Kier alpha value is -3.04. The van der Waals surface area contributed by atoms with E-state index >= 15 is 0 Å². The lowest BCUT2D eigenvalue weighted by atomic mass is 9.99. The molecule has 4 aromatic rings. The van der Waals surface area contributed by atoms with Crippen LogP contribution in [-0.4, -0.2) is 0 Å². The summed E-state index contributed by atoms with van der Waals surface area (Å²) in [5.41, 5.74) is 11.0. The summed E-state index contributed by atoms with van der Waals surface area (Å²) in [7, 11) is 0. The number of hydrogen-bond donors (Lipinski definition) is 1. The minimum atomic E-state index is 0.509. The molecule has 3 heteroatoms. The first-order valence-corrected chi connectivity index (χ1v) is 8.31. The third kappa shape index (κ3) is 3.28. The van der Waals surface area contributed by atoms with E-state index in [-0.39, 0.29) is 0 Å². The highest BCUT2D eigenvalue weighted by Gasteiger charge is 2.10. The molecule has 0 saturated carbocycles. The van der Waals surface area contributed by atoms with Crippen LogP contribution in [0.15, 0.2) is 83.5 Å². The Bertz CT molecular complexity index is 989. The maximum atomic E-state index is 5.90. The molecule has 1 aromatic heterocycles. The summed E-state index contributed by atoms with van der Waals surface area (Å²) in [6.45, 7) is 1.03. The maximum absolute atomic E-state index is 5.90. The van der Waals surface area contributed by atoms with E-state index in [9.17, 15) is 0 Å². The predicted molar refractivity (Wildman–Crippen MR) is 100 cm³/mol. The molecule has 25 heavy (non-hydrogen) atoms. The van der Waals surface area contributed by atoms with Crippen molar-refractivity contribution >= 4 is 11.0 Å². The molecule has 0 fully saturated rings. The largest absolute Gasteiger partial charge is 0.489 e. The molecule has 2 N–H and O–H groups in total. The van der Waals surface area contributed by atoms with Crippen LogP contribution < -0.4 is 10.5 Å². The Morgan fingerprint density at radius 3 is 2.56 bits per heavy atom. The predicted octanol–water partition coefficient (Wildman–Crippen LogP) is 5.14. The van der Waals surface area contributed by atoms with Crippen molar-refractivity contribution in [2.45, 2.75) is 13.2 Å². The highest BCUT2D eigenvalue weighted by atomic mass is 16.5. The topological polar surface area (TPSA) is 48.4 Å². The molecule has 0 amide bonds. The van der Waals surface area contributed by atoms with Crippen LogP contribution in [0, 0.1) is 0 Å². The van der Waals surface area contributed by atoms with E-state index in [2.05, 4.69) is 24.3 Å². The fourth-order valence-electron chi connectivity index (χ4n) is 2.99. The second kappa shape index (κ2) is 6.83. The number of hydrogen-bond acceptors (Lipinski definition) is 3. The number of furan rings is 1. The average Bonchev–Trinajstić information content (AvgIpc) is 3.15. The molecule has 0 spiro atoms. The zero-order valence-corrected chi connectivity index (χ0v) is 13.8. The second-order valence-electron chi connectivity index (χ2n) is 5.99. The van der Waals surface area contributed by atoms with Gasteiger partial charge in [0.25, 0.3) is 0 Å². The zero-order valence-electron chi connectivity index (χ0n) is 13.8. The van der Waals surface area contributed by atoms with E-state index in [0.29, 0.717) is 13.2 Å². The van der Waals surface area contributed by atoms with E-state index in [0.717, 1.165) is 39.0 Å². The Labute approximate surface area is 146 Å². The van der Waals surface area contributed by atoms with Gasteiger partial charge in [-0.3, -0.25) is 0 Å². The van der Waals surface area contributed by atoms with E-state index in [4.69, 9.17) is 14.9 Å². The van der Waals surface area contributed by atoms with Gasteiger partial charge in [0.1, 0.15) is 17.9 Å². The summed E-state index contributed by atoms with van der Waals surface area (Å²) < 4.78 is 11.6. The Kier molecular flexibility index (Phi) is 4.23. The van der Waals surface area contributed by atoms with Gasteiger partial charge in [0.2, 0.25) is 0 Å². The van der Waals surface area contributed by atoms with E-state index in [1.54, 1.807) is 6.26 Å². The van der Waals surface area contributed by atoms with Crippen LogP contribution in [0.25, 0.3) is 22.1 Å². The van der Waals surface area contributed by atoms with Crippen molar-refractivity contribution in [3.8, 4) is 16.9 Å². The van der Waals surface area contributed by atoms with Gasteiger partial charge >= 0.3 is 0 Å². The first-order chi connectivity index (χ1) is 12.3. The van der Waals surface area contributed by atoms with Gasteiger partial charge in [0, 0.05) is 17.5 Å². The van der Waals surface area contributed by atoms with Crippen LogP contribution in [0.5, 0.6) is 5.75 Å². The first kappa shape index (κ1) is 15.5. The summed E-state index contributed by atoms with van der Waals surface area (Å²) in [6, 6.07) is 24.3. The lowest BCUT2D eigenvalue weighted by Crippen LogP contribution is -1.97. The number of fused-ring (bicyclic) bond motifs is 1. The van der Waals surface area contributed by atoms with Crippen LogP contribution in [0.2, 0.25) is 0 Å². The highest BCUT2D eigenvalue weighted by Crippen LogP contribution is 2.32. The van der Waals surface area contributed by atoms with Crippen molar-refractivity contribution < 1.29 is 9.15 Å². The van der Waals surface area contributed by atoms with Gasteiger partial charge < -0.3 is 14.9 Å². The van der Waals surface area contributed by atoms with Gasteiger partial charge in [-0.2, -0.15) is 0 Å². The monoisotopic (exact) mass is 329 g/mol. The van der Waals surface area contributed by atoms with Gasteiger partial charge in [-0.15, -0.1) is 0 Å². The summed E-state index contributed by atoms with van der Waals surface area (Å²) in [5, 5.41) is 1.07. The first-order valence-electron chi connectivity index (χ1n) is 8.31. The molecule has 0 aliphatic rings. The van der Waals surface area contributed by atoms with E-state index in [1.165, 1.54) is 0 Å². The summed E-state index contributed by atoms with van der Waals surface area (Å²) >= 11 is 0. The van der Waals surface area contributed by atoms with Crippen molar-refractivity contribution in [1.29, 1.82) is 0 Å². The second-order valence-corrected chi connectivity index (χ2v) is 5.99. The molecule has 0 radical (unpaired) electrons. The Morgan fingerprint density at radius 1 is 0.840 bits per heavy atom. The van der Waals surface area contributed by atoms with Crippen molar-refractivity contribution in [1.82, 2.24) is 0 Å². The zero-order chi connectivity index (χ0) is 17.1. The number of nitrogens with two attached hydrogens (primary N) is 1. The minimum absolute atomic E-state index is 0.509. The Balaban J connectivity index is 1.72. The lowest BCUT2D eigenvalue weighted by Gasteiger charge is -2.10. The average molecular weight is 329 g/mol. The quantitative estimate of drug-likeness (QED) is 0.551. The van der Waals surface area contributed by atoms with E-state index in [1.807, 2.05) is 48.5 Å². The molecule has 124 valence electrons. The summed E-state index contributed by atoms with van der Waals surface area (Å²) in [4.78, 5) is 0. The molecule has 1 heterocycles. The van der Waals surface area contributed by atoms with Crippen LogP contribution in [0.4, 0.5) is 0 Å². The van der Waals surface area contributed by atoms with Crippen LogP contribution in [0.3, 0.4) is 0 Å². The number of ether oxygens (including phenoxy) is 1. The molecule has 0 bridgehead atoms. The van der Waals surface area contributed by atoms with Crippen LogP contribution >= 0.6 is 0 Å². The molecule has 3 aromatic carbocycles. The molecule has 4 rings (SSSR count). The van der Waals surface area contributed by atoms with Crippen molar-refractivity contribution in [2.75, 3.05) is 0 Å². The third-order valence-electron chi connectivity index (χ3n) is 4.23. The molecule has 0 saturated heterocycles. The minimum Gasteiger partial charge on any atom is -0.489 e. The molecule has 3 nitrogen and oxygen atoms in total. The Morgan fingerprint density at radius 2 is 1.72 bits per heavy atom. The fourth-order valence-corrected chi connectivity index (χ4v) is 2.99. The number of benzene rings is 3. The van der Waals surface area contributed by atoms with Gasteiger partial charge in [-0.05, 0) is 53.1 Å². The lowest BCUT2D eigenvalue weighted by molar-refractivity contribution is 0.306. The van der Waals surface area contributed by atoms with Crippen LogP contribution in [-0.2, 0) is 13.2 Å². The molecular formula is C22H19NO2. The van der Waals surface area contributed by atoms with E-state index < -0.39 is 0 Å². The smallest absolute Gasteiger partial charge is 0.141 e. The van der Waals surface area contributed by atoms with Crippen molar-refractivity contribution in [3.05, 3.63) is 90.2 Å². The molecule has 0 unspecified atom stereocenters. The standard InChI is InChI=1S/C22H19NO2/c23-14-16-5-4-6-18(11-16)21-13-17(12-19-9-10-24-22(19)21)15-25-20-7-2-1-3-8-20/h1-13H,14-15,23H2. The normalized spacial score (nSPS) is 10.9. The summed E-state index contributed by atoms with van der Waals surface area (Å²) in [6.07, 6.45) is 1.72. The molecule has 0 atom stereocenters. The molecule has 0 aliphatic heterocycles. The number of rotatable bonds is 5. The van der Waals surface area contributed by atoms with Gasteiger partial charge in [0.15, 0.2) is 0 Å². The maximum Gasteiger partial charge on any atom is 0.141 e. The molecular weight excluding hydrogens is 310 g/mol. The highest BCUT2D eigenvalue weighted by molar-refractivity contribution is 5.93.